The van der Waals surface area contributed by atoms with Crippen molar-refractivity contribution < 1.29 is 4.79 Å². The molecule has 1 fully saturated rings. The summed E-state index contributed by atoms with van der Waals surface area (Å²) in [7, 11) is 0. The Morgan fingerprint density at radius 3 is 2.63 bits per heavy atom. The molecule has 1 aromatic carbocycles. The van der Waals surface area contributed by atoms with Gasteiger partial charge in [0.05, 0.1) is 0 Å². The molecule has 4 heteroatoms. The van der Waals surface area contributed by atoms with Crippen molar-refractivity contribution in [1.82, 2.24) is 5.32 Å². The second-order valence-electron chi connectivity index (χ2n) is 5.29. The van der Waals surface area contributed by atoms with E-state index in [9.17, 15) is 4.79 Å². The van der Waals surface area contributed by atoms with Crippen LogP contribution in [0.15, 0.2) is 24.3 Å². The quantitative estimate of drug-likeness (QED) is 0.894. The van der Waals surface area contributed by atoms with Crippen LogP contribution in [0.1, 0.15) is 38.2 Å². The molecule has 1 amide bonds. The molecule has 1 heterocycles. The van der Waals surface area contributed by atoms with Crippen molar-refractivity contribution in [3.8, 4) is 0 Å². The standard InChI is InChI=1S/C15H22N2O.ClH/c1-11(2)15(18)17-14-5-3-4-13(10-14)12-6-8-16-9-7-12;/h3-5,10-12,16H,6-9H2,1-2H3,(H,17,18);1H. The van der Waals surface area contributed by atoms with E-state index in [-0.39, 0.29) is 24.2 Å². The Hall–Kier alpha value is -1.06. The number of nitrogens with one attached hydrogen (secondary N) is 2. The molecule has 1 aromatic rings. The fourth-order valence-corrected chi connectivity index (χ4v) is 2.31. The van der Waals surface area contributed by atoms with E-state index in [1.54, 1.807) is 0 Å². The predicted octanol–water partition coefficient (Wildman–Crippen LogP) is 3.17. The van der Waals surface area contributed by atoms with Gasteiger partial charge >= 0.3 is 0 Å². The van der Waals surface area contributed by atoms with Crippen LogP contribution in [0.2, 0.25) is 0 Å². The predicted molar refractivity (Wildman–Crippen MR) is 82.0 cm³/mol. The number of amides is 1. The molecule has 0 saturated carbocycles. The first-order valence-electron chi connectivity index (χ1n) is 6.78. The van der Waals surface area contributed by atoms with Crippen molar-refractivity contribution in [3.05, 3.63) is 29.8 Å². The number of hydrogen-bond acceptors (Lipinski definition) is 2. The van der Waals surface area contributed by atoms with Crippen LogP contribution in [0.25, 0.3) is 0 Å². The topological polar surface area (TPSA) is 41.1 Å². The zero-order valence-corrected chi connectivity index (χ0v) is 12.4. The highest BCUT2D eigenvalue weighted by atomic mass is 35.5. The molecule has 0 spiro atoms. The Morgan fingerprint density at radius 2 is 2.00 bits per heavy atom. The van der Waals surface area contributed by atoms with Crippen LogP contribution < -0.4 is 10.6 Å². The highest BCUT2D eigenvalue weighted by Gasteiger charge is 2.15. The van der Waals surface area contributed by atoms with Crippen molar-refractivity contribution in [2.45, 2.75) is 32.6 Å². The van der Waals surface area contributed by atoms with Gasteiger partial charge in [0.15, 0.2) is 0 Å². The maximum absolute atomic E-state index is 11.7. The summed E-state index contributed by atoms with van der Waals surface area (Å²) in [6.07, 6.45) is 2.36. The monoisotopic (exact) mass is 282 g/mol. The Balaban J connectivity index is 0.00000180. The summed E-state index contributed by atoms with van der Waals surface area (Å²) in [5.74, 6) is 0.729. The van der Waals surface area contributed by atoms with Crippen LogP contribution in [-0.2, 0) is 4.79 Å². The lowest BCUT2D eigenvalue weighted by molar-refractivity contribution is -0.118. The van der Waals surface area contributed by atoms with Crippen molar-refractivity contribution in [2.75, 3.05) is 18.4 Å². The third kappa shape index (κ3) is 4.51. The Kier molecular flexibility index (Phi) is 6.32. The molecule has 106 valence electrons. The molecule has 0 aliphatic carbocycles. The Labute approximate surface area is 121 Å². The lowest BCUT2D eigenvalue weighted by Crippen LogP contribution is -2.26. The highest BCUT2D eigenvalue weighted by molar-refractivity contribution is 5.92. The Morgan fingerprint density at radius 1 is 1.32 bits per heavy atom. The van der Waals surface area contributed by atoms with Gasteiger partial charge in [-0.25, -0.2) is 0 Å². The third-order valence-corrected chi connectivity index (χ3v) is 3.49. The van der Waals surface area contributed by atoms with Gasteiger partial charge < -0.3 is 10.6 Å². The molecule has 2 N–H and O–H groups in total. The molecule has 0 aromatic heterocycles. The molecule has 1 aliphatic heterocycles. The smallest absolute Gasteiger partial charge is 0.226 e. The molecular formula is C15H23ClN2O. The molecule has 0 atom stereocenters. The van der Waals surface area contributed by atoms with Gasteiger partial charge in [-0.3, -0.25) is 4.79 Å². The van der Waals surface area contributed by atoms with Crippen molar-refractivity contribution >= 4 is 24.0 Å². The van der Waals surface area contributed by atoms with Crippen molar-refractivity contribution in [2.24, 2.45) is 5.92 Å². The summed E-state index contributed by atoms with van der Waals surface area (Å²) in [4.78, 5) is 11.7. The SMILES string of the molecule is CC(C)C(=O)Nc1cccc(C2CCNCC2)c1.Cl. The summed E-state index contributed by atoms with van der Waals surface area (Å²) < 4.78 is 0. The molecule has 19 heavy (non-hydrogen) atoms. The van der Waals surface area contributed by atoms with Crippen LogP contribution in [-0.4, -0.2) is 19.0 Å². The average molecular weight is 283 g/mol. The number of carbonyl (C=O) groups is 1. The van der Waals surface area contributed by atoms with Crippen LogP contribution in [0.3, 0.4) is 0 Å². The van der Waals surface area contributed by atoms with E-state index >= 15 is 0 Å². The summed E-state index contributed by atoms with van der Waals surface area (Å²) in [5.41, 5.74) is 2.27. The molecule has 0 bridgehead atoms. The first-order chi connectivity index (χ1) is 8.66. The van der Waals surface area contributed by atoms with Gasteiger partial charge in [0.1, 0.15) is 0 Å². The number of benzene rings is 1. The summed E-state index contributed by atoms with van der Waals surface area (Å²) >= 11 is 0. The zero-order valence-electron chi connectivity index (χ0n) is 11.6. The number of hydrogen-bond donors (Lipinski definition) is 2. The molecule has 3 nitrogen and oxygen atoms in total. The fourth-order valence-electron chi connectivity index (χ4n) is 2.31. The third-order valence-electron chi connectivity index (χ3n) is 3.49. The maximum Gasteiger partial charge on any atom is 0.226 e. The van der Waals surface area contributed by atoms with Crippen LogP contribution >= 0.6 is 12.4 Å². The molecule has 0 radical (unpaired) electrons. The fraction of sp³-hybridized carbons (Fsp3) is 0.533. The molecule has 0 unspecified atom stereocenters. The van der Waals surface area contributed by atoms with E-state index in [4.69, 9.17) is 0 Å². The second kappa shape index (κ2) is 7.51. The number of piperidine rings is 1. The minimum Gasteiger partial charge on any atom is -0.326 e. The minimum atomic E-state index is 0. The summed E-state index contributed by atoms with van der Waals surface area (Å²) in [5, 5.41) is 6.34. The Bertz CT molecular complexity index is 414. The van der Waals surface area contributed by atoms with Gasteiger partial charge in [0.2, 0.25) is 5.91 Å². The van der Waals surface area contributed by atoms with Crippen molar-refractivity contribution in [3.63, 3.8) is 0 Å². The minimum absolute atomic E-state index is 0. The normalized spacial score (nSPS) is 15.9. The van der Waals surface area contributed by atoms with E-state index in [1.165, 1.54) is 18.4 Å². The molecule has 1 aliphatic rings. The highest BCUT2D eigenvalue weighted by Crippen LogP contribution is 2.27. The van der Waals surface area contributed by atoms with Crippen molar-refractivity contribution in [1.29, 1.82) is 0 Å². The second-order valence-corrected chi connectivity index (χ2v) is 5.29. The van der Waals surface area contributed by atoms with E-state index in [0.717, 1.165) is 18.8 Å². The van der Waals surface area contributed by atoms with Crippen LogP contribution in [0.4, 0.5) is 5.69 Å². The summed E-state index contributed by atoms with van der Waals surface area (Å²) in [6, 6.07) is 8.29. The molecule has 2 rings (SSSR count). The maximum atomic E-state index is 11.7. The van der Waals surface area contributed by atoms with Gasteiger partial charge in [0.25, 0.3) is 0 Å². The lowest BCUT2D eigenvalue weighted by atomic mass is 9.90. The van der Waals surface area contributed by atoms with Crippen LogP contribution in [0.5, 0.6) is 0 Å². The van der Waals surface area contributed by atoms with E-state index in [0.29, 0.717) is 5.92 Å². The van der Waals surface area contributed by atoms with E-state index in [1.807, 2.05) is 26.0 Å². The van der Waals surface area contributed by atoms with Gasteiger partial charge in [-0.15, -0.1) is 12.4 Å². The number of anilines is 1. The largest absolute Gasteiger partial charge is 0.326 e. The average Bonchev–Trinajstić information content (AvgIpc) is 2.40. The van der Waals surface area contributed by atoms with Gasteiger partial charge in [-0.1, -0.05) is 26.0 Å². The van der Waals surface area contributed by atoms with E-state index in [2.05, 4.69) is 22.8 Å². The lowest BCUT2D eigenvalue weighted by Gasteiger charge is -2.23. The first kappa shape index (κ1) is 16.0. The van der Waals surface area contributed by atoms with Gasteiger partial charge in [0, 0.05) is 11.6 Å². The van der Waals surface area contributed by atoms with E-state index < -0.39 is 0 Å². The van der Waals surface area contributed by atoms with Crippen LogP contribution in [0, 0.1) is 5.92 Å². The van der Waals surface area contributed by atoms with Gasteiger partial charge in [-0.05, 0) is 49.5 Å². The summed E-state index contributed by atoms with van der Waals surface area (Å²) in [6.45, 7) is 6.00. The number of rotatable bonds is 3. The zero-order chi connectivity index (χ0) is 13.0. The first-order valence-corrected chi connectivity index (χ1v) is 6.78. The molecule has 1 saturated heterocycles. The van der Waals surface area contributed by atoms with Gasteiger partial charge in [-0.2, -0.15) is 0 Å². The number of carbonyl (C=O) groups excluding carboxylic acids is 1. The number of halogens is 1. The molecular weight excluding hydrogens is 260 g/mol.